The summed E-state index contributed by atoms with van der Waals surface area (Å²) in [6.07, 6.45) is 0. The number of hydrogen-bond acceptors (Lipinski definition) is 2. The number of benzene rings is 19. The molecular formula is C92H66O4. The highest BCUT2D eigenvalue weighted by Gasteiger charge is 2.34. The molecule has 0 bridgehead atoms. The minimum Gasteiger partial charge on any atom is -0.478 e. The van der Waals surface area contributed by atoms with E-state index in [0.29, 0.717) is 0 Å². The third kappa shape index (κ3) is 7.44. The van der Waals surface area contributed by atoms with E-state index < -0.39 is 11.9 Å². The van der Waals surface area contributed by atoms with Gasteiger partial charge in [0.1, 0.15) is 0 Å². The molecule has 0 fully saturated rings. The minimum absolute atomic E-state index is 0.254. The molecule has 96 heavy (non-hydrogen) atoms. The number of carboxylic acid groups (broad SMARTS) is 2. The van der Waals surface area contributed by atoms with Gasteiger partial charge in [-0.15, -0.1) is 0 Å². The number of carbonyl (C=O) groups is 2. The summed E-state index contributed by atoms with van der Waals surface area (Å²) >= 11 is 0. The highest BCUT2D eigenvalue weighted by atomic mass is 16.4. The predicted octanol–water partition coefficient (Wildman–Crippen LogP) is 25.3. The van der Waals surface area contributed by atoms with Gasteiger partial charge in [0.15, 0.2) is 0 Å². The van der Waals surface area contributed by atoms with E-state index in [9.17, 15) is 19.8 Å². The molecule has 19 rings (SSSR count). The summed E-state index contributed by atoms with van der Waals surface area (Å²) in [5.41, 5.74) is 28.9. The Morgan fingerprint density at radius 2 is 0.354 bits per heavy atom. The molecule has 19 aromatic carbocycles. The summed E-state index contributed by atoms with van der Waals surface area (Å²) < 4.78 is 0. The Hall–Kier alpha value is -11.2. The van der Waals surface area contributed by atoms with E-state index in [1.54, 1.807) is 24.3 Å². The molecule has 0 aliphatic carbocycles. The number of carboxylic acids is 2. The molecule has 0 atom stereocenters. The van der Waals surface area contributed by atoms with Gasteiger partial charge < -0.3 is 10.2 Å². The SMILES string of the molecule is Cc1cc(C)c(-c2cc3c4cc(-c5ccc(C(=O)O)cc5)cc5c6cc(-c7c(C)cc(C)cc7C)cc7c8cc(-c9c(C)cc(C)cc9C)cc9c%10cc(-c%11ccc(C(=O)O)cc%11)cc%11c%12cc(-c%13c(C)cc(C)cc%13C)cc%13c(c2)c3c2c(c45)c(c67)c(c98)c(c%11%10)c2c%12%13)c(C)c1. The maximum atomic E-state index is 12.6. The number of aromatic carboxylic acids is 2. The van der Waals surface area contributed by atoms with Gasteiger partial charge in [-0.1, -0.05) is 95.1 Å². The van der Waals surface area contributed by atoms with Crippen molar-refractivity contribution in [2.24, 2.45) is 0 Å². The van der Waals surface area contributed by atoms with Gasteiger partial charge in [-0.05, 0) is 421 Å². The first-order valence-corrected chi connectivity index (χ1v) is 33.5. The second kappa shape index (κ2) is 19.2. The van der Waals surface area contributed by atoms with E-state index in [1.165, 1.54) is 241 Å². The van der Waals surface area contributed by atoms with Gasteiger partial charge in [0.05, 0.1) is 11.1 Å². The van der Waals surface area contributed by atoms with Crippen molar-refractivity contribution in [1.82, 2.24) is 0 Å². The van der Waals surface area contributed by atoms with E-state index in [1.807, 2.05) is 24.3 Å². The van der Waals surface area contributed by atoms with Crippen LogP contribution in [0.2, 0.25) is 0 Å². The van der Waals surface area contributed by atoms with Crippen LogP contribution in [0.1, 0.15) is 87.5 Å². The average molecular weight is 1240 g/mol. The first-order chi connectivity index (χ1) is 46.2. The Kier molecular flexibility index (Phi) is 11.3. The van der Waals surface area contributed by atoms with E-state index in [2.05, 4.69) is 204 Å². The normalized spacial score (nSPS) is 12.5. The Labute approximate surface area is 555 Å². The van der Waals surface area contributed by atoms with Crippen LogP contribution in [0.3, 0.4) is 0 Å². The van der Waals surface area contributed by atoms with Crippen LogP contribution >= 0.6 is 0 Å². The molecule has 0 aliphatic rings. The molecule has 19 aromatic rings. The van der Waals surface area contributed by atoms with Gasteiger partial charge in [-0.3, -0.25) is 0 Å². The number of rotatable bonds is 8. The third-order valence-corrected chi connectivity index (χ3v) is 22.4. The maximum absolute atomic E-state index is 12.6. The summed E-state index contributed by atoms with van der Waals surface area (Å²) in [5.74, 6) is -1.90. The maximum Gasteiger partial charge on any atom is 0.335 e. The smallest absolute Gasteiger partial charge is 0.335 e. The third-order valence-electron chi connectivity index (χ3n) is 22.4. The second-order valence-corrected chi connectivity index (χ2v) is 28.8. The average Bonchev–Trinajstić information content (AvgIpc) is 0.641. The van der Waals surface area contributed by atoms with Crippen LogP contribution in [-0.2, 0) is 0 Å². The summed E-state index contributed by atoms with van der Waals surface area (Å²) in [4.78, 5) is 25.2. The van der Waals surface area contributed by atoms with Crippen LogP contribution in [0.15, 0.2) is 170 Å². The number of hydrogen-bond donors (Lipinski definition) is 2. The second-order valence-electron chi connectivity index (χ2n) is 28.8. The van der Waals surface area contributed by atoms with E-state index in [4.69, 9.17) is 0 Å². The van der Waals surface area contributed by atoms with Gasteiger partial charge in [0.25, 0.3) is 0 Å². The minimum atomic E-state index is -0.949. The fourth-order valence-corrected chi connectivity index (χ4v) is 19.3. The highest BCUT2D eigenvalue weighted by Crippen LogP contribution is 2.63. The van der Waals surface area contributed by atoms with Crippen molar-refractivity contribution < 1.29 is 19.8 Å². The van der Waals surface area contributed by atoms with Crippen LogP contribution in [-0.4, -0.2) is 22.2 Å². The van der Waals surface area contributed by atoms with E-state index >= 15 is 0 Å². The molecule has 2 N–H and O–H groups in total. The fourth-order valence-electron chi connectivity index (χ4n) is 19.3. The van der Waals surface area contributed by atoms with Crippen LogP contribution in [0.5, 0.6) is 0 Å². The van der Waals surface area contributed by atoms with Crippen molar-refractivity contribution in [1.29, 1.82) is 0 Å². The molecule has 4 nitrogen and oxygen atoms in total. The number of aryl methyl sites for hydroxylation is 12. The topological polar surface area (TPSA) is 74.6 Å². The lowest BCUT2D eigenvalue weighted by Crippen LogP contribution is -2.02. The molecule has 0 heterocycles. The molecule has 0 amide bonds. The van der Waals surface area contributed by atoms with Crippen molar-refractivity contribution in [2.75, 3.05) is 0 Å². The highest BCUT2D eigenvalue weighted by molar-refractivity contribution is 6.61. The zero-order valence-electron chi connectivity index (χ0n) is 55.9. The van der Waals surface area contributed by atoms with Crippen molar-refractivity contribution in [3.63, 3.8) is 0 Å². The molecule has 0 saturated heterocycles. The largest absolute Gasteiger partial charge is 0.478 e. The standard InChI is InChI=1S/C92H66O4/c1-41-21-45(5)75(46(6)22-41)59-33-67-63-29-57(53-13-17-55(18-14-53)91(93)94)30-64-69-35-61(77-49(9)25-43(3)26-50(77)10)39-73-74-40-62(78-51(11)27-44(4)28-52(78)12)36-70-66-32-58(54-15-19-56(20-16-54)92(95)96)31-65-68-34-60(76-47(7)23-42(2)24-48(76)8)38-72-71(37-59)81(67)87-85(79(63)64)89(83(69)73)90(84(70)74)86(80(65)66)88(87)82(68)72/h13-40H,1-12H3,(H,93,94)(H,95,96). The summed E-state index contributed by atoms with van der Waals surface area (Å²) in [6.45, 7) is 26.9. The predicted molar refractivity (Wildman–Crippen MR) is 407 cm³/mol. The Bertz CT molecular complexity index is 5880. The zero-order valence-corrected chi connectivity index (χ0v) is 55.9. The van der Waals surface area contributed by atoms with Gasteiger partial charge in [-0.2, -0.15) is 0 Å². The van der Waals surface area contributed by atoms with Crippen molar-refractivity contribution >= 4 is 141 Å². The monoisotopic (exact) mass is 1230 g/mol. The molecule has 0 spiro atoms. The summed E-state index contributed by atoms with van der Waals surface area (Å²) in [7, 11) is 0. The Morgan fingerprint density at radius 3 is 0.510 bits per heavy atom. The lowest BCUT2D eigenvalue weighted by molar-refractivity contribution is 0.0686. The molecule has 0 aliphatic heterocycles. The molecule has 4 heteroatoms. The molecule has 0 aromatic heterocycles. The molecule has 458 valence electrons. The number of fused-ring (bicyclic) bond motifs is 6. The van der Waals surface area contributed by atoms with Crippen LogP contribution in [0.25, 0.3) is 196 Å². The molecular weight excluding hydrogens is 1170 g/mol. The van der Waals surface area contributed by atoms with E-state index in [-0.39, 0.29) is 11.1 Å². The van der Waals surface area contributed by atoms with Gasteiger partial charge >= 0.3 is 11.9 Å². The van der Waals surface area contributed by atoms with Crippen molar-refractivity contribution in [3.05, 3.63) is 248 Å². The van der Waals surface area contributed by atoms with Gasteiger partial charge in [-0.25, -0.2) is 9.59 Å². The summed E-state index contributed by atoms with van der Waals surface area (Å²) in [6, 6.07) is 63.6. The quantitative estimate of drug-likeness (QED) is 0.117. The lowest BCUT2D eigenvalue weighted by atomic mass is 9.71. The Balaban J connectivity index is 1.15. The van der Waals surface area contributed by atoms with Crippen LogP contribution in [0, 0.1) is 83.1 Å². The van der Waals surface area contributed by atoms with Gasteiger partial charge in [0, 0.05) is 0 Å². The molecule has 0 radical (unpaired) electrons. The van der Waals surface area contributed by atoms with Crippen LogP contribution in [0.4, 0.5) is 0 Å². The molecule has 0 saturated carbocycles. The first-order valence-electron chi connectivity index (χ1n) is 33.5. The lowest BCUT2D eigenvalue weighted by Gasteiger charge is -2.31. The first kappa shape index (κ1) is 56.4. The van der Waals surface area contributed by atoms with E-state index in [0.717, 1.165) is 22.3 Å². The Morgan fingerprint density at radius 1 is 0.198 bits per heavy atom. The van der Waals surface area contributed by atoms with Gasteiger partial charge in [0.2, 0.25) is 0 Å². The zero-order chi connectivity index (χ0) is 65.8. The molecule has 0 unspecified atom stereocenters. The van der Waals surface area contributed by atoms with Crippen LogP contribution < -0.4 is 0 Å². The van der Waals surface area contributed by atoms with Crippen molar-refractivity contribution in [2.45, 2.75) is 83.1 Å². The van der Waals surface area contributed by atoms with Crippen molar-refractivity contribution in [3.8, 4) is 66.8 Å². The summed E-state index contributed by atoms with van der Waals surface area (Å²) in [5, 5.41) is 50.1. The fraction of sp³-hybridized carbons (Fsp3) is 0.130.